The fraction of sp³-hybridized carbons (Fsp3) is 0.458. The molecule has 2 fully saturated rings. The molecule has 0 aromatic heterocycles. The van der Waals surface area contributed by atoms with Crippen LogP contribution in [0.2, 0.25) is 0 Å². The molecule has 2 aromatic rings. The number of amides is 1. The maximum atomic E-state index is 14.7. The number of likely N-dealkylation sites (tertiary alicyclic amines) is 2. The van der Waals surface area contributed by atoms with Gasteiger partial charge in [-0.25, -0.2) is 12.8 Å². The van der Waals surface area contributed by atoms with Crippen molar-refractivity contribution in [1.29, 1.82) is 0 Å². The summed E-state index contributed by atoms with van der Waals surface area (Å²) in [6.07, 6.45) is 3.10. The smallest absolute Gasteiger partial charge is 0.240 e. The van der Waals surface area contributed by atoms with Crippen molar-refractivity contribution in [2.24, 2.45) is 0 Å². The molecule has 1 atom stereocenters. The van der Waals surface area contributed by atoms with Gasteiger partial charge in [0, 0.05) is 28.4 Å². The van der Waals surface area contributed by atoms with Gasteiger partial charge < -0.3 is 4.90 Å². The average molecular weight is 465 g/mol. The molecular formula is C24H30FN3O3S. The Hall–Kier alpha value is -2.45. The molecule has 8 heteroatoms. The van der Waals surface area contributed by atoms with E-state index < -0.39 is 41.1 Å². The first-order chi connectivity index (χ1) is 17.2. The second kappa shape index (κ2) is 9.19. The minimum absolute atomic E-state index is 0.131. The number of halogens is 1. The first kappa shape index (κ1) is 17.1. The van der Waals surface area contributed by atoms with Gasteiger partial charge in [-0.2, -0.15) is 0 Å². The van der Waals surface area contributed by atoms with E-state index >= 15 is 0 Å². The normalized spacial score (nSPS) is 23.8. The first-order valence-corrected chi connectivity index (χ1v) is 12.5. The van der Waals surface area contributed by atoms with Gasteiger partial charge in [-0.1, -0.05) is 24.3 Å². The number of hydrogen-bond donors (Lipinski definition) is 1. The molecule has 32 heavy (non-hydrogen) atoms. The minimum atomic E-state index is -3.34. The highest BCUT2D eigenvalue weighted by Crippen LogP contribution is 2.32. The van der Waals surface area contributed by atoms with Crippen LogP contribution in [-0.4, -0.2) is 56.1 Å². The Morgan fingerprint density at radius 2 is 1.84 bits per heavy atom. The number of rotatable bonds is 6. The van der Waals surface area contributed by atoms with Gasteiger partial charge >= 0.3 is 0 Å². The van der Waals surface area contributed by atoms with Crippen molar-refractivity contribution in [2.75, 3.05) is 30.6 Å². The molecule has 172 valence electrons. The summed E-state index contributed by atoms with van der Waals surface area (Å²) >= 11 is 0. The van der Waals surface area contributed by atoms with Crippen molar-refractivity contribution in [3.63, 3.8) is 0 Å². The van der Waals surface area contributed by atoms with Gasteiger partial charge in [-0.05, 0) is 74.4 Å². The molecule has 6 nitrogen and oxygen atoms in total. The van der Waals surface area contributed by atoms with Crippen molar-refractivity contribution in [1.82, 2.24) is 9.80 Å². The molecule has 2 aromatic carbocycles. The predicted octanol–water partition coefficient (Wildman–Crippen LogP) is 3.49. The van der Waals surface area contributed by atoms with Crippen molar-refractivity contribution < 1.29 is 24.5 Å². The van der Waals surface area contributed by atoms with Crippen LogP contribution < -0.4 is 4.72 Å². The number of piperidine rings is 1. The fourth-order valence-electron chi connectivity index (χ4n) is 4.45. The summed E-state index contributed by atoms with van der Waals surface area (Å²) in [5.41, 5.74) is 1.01. The number of nitrogens with zero attached hydrogens (tertiary/aromatic N) is 2. The predicted molar refractivity (Wildman–Crippen MR) is 123 cm³/mol. The van der Waals surface area contributed by atoms with Crippen LogP contribution in [0.1, 0.15) is 48.7 Å². The number of sulfonamides is 1. The Morgan fingerprint density at radius 3 is 2.47 bits per heavy atom. The third-order valence-electron chi connectivity index (χ3n) is 6.06. The van der Waals surface area contributed by atoms with Gasteiger partial charge in [0.2, 0.25) is 15.9 Å². The molecule has 0 radical (unpaired) electrons. The van der Waals surface area contributed by atoms with Gasteiger partial charge in [0.1, 0.15) is 5.82 Å². The number of benzene rings is 2. The third kappa shape index (κ3) is 5.30. The number of nitrogens with one attached hydrogen (secondary N) is 1. The standard InChI is InChI=1S/C24H30FN3O3S/c1-17-3-4-20(22(25)15-17)16-28-14-11-23(24(28)29)27-12-9-19(10-13-27)18-5-7-21(8-6-18)26-32(2,30)31/h3-8,15,19,23,26H,9-14,16H2,1-2H3/t23-/m1/s1/i1D3,16D2. The second-order valence-corrected chi connectivity index (χ2v) is 10.2. The lowest BCUT2D eigenvalue weighted by atomic mass is 9.88. The largest absolute Gasteiger partial charge is 0.337 e. The van der Waals surface area contributed by atoms with E-state index in [1.807, 2.05) is 17.0 Å². The number of carbonyl (C=O) groups is 1. The number of carbonyl (C=O) groups excluding carboxylic acids is 1. The van der Waals surface area contributed by atoms with Crippen LogP contribution in [0.25, 0.3) is 0 Å². The topological polar surface area (TPSA) is 69.7 Å². The molecule has 0 spiro atoms. The van der Waals surface area contributed by atoms with E-state index in [2.05, 4.69) is 4.72 Å². The van der Waals surface area contributed by atoms with Crippen LogP contribution in [0, 0.1) is 12.7 Å². The van der Waals surface area contributed by atoms with Gasteiger partial charge in [-0.3, -0.25) is 14.4 Å². The Bertz CT molecular complexity index is 1260. The molecule has 0 aliphatic carbocycles. The van der Waals surface area contributed by atoms with Crippen molar-refractivity contribution in [3.05, 3.63) is 65.0 Å². The van der Waals surface area contributed by atoms with E-state index in [9.17, 15) is 17.6 Å². The van der Waals surface area contributed by atoms with Crippen LogP contribution in [0.3, 0.4) is 0 Å². The monoisotopic (exact) mass is 464 g/mol. The van der Waals surface area contributed by atoms with E-state index in [1.54, 1.807) is 12.1 Å². The van der Waals surface area contributed by atoms with E-state index in [0.717, 1.165) is 41.7 Å². The lowest BCUT2D eigenvalue weighted by Crippen LogP contribution is -2.45. The fourth-order valence-corrected chi connectivity index (χ4v) is 5.01. The molecule has 0 unspecified atom stereocenters. The molecule has 0 saturated carbocycles. The van der Waals surface area contributed by atoms with Gasteiger partial charge in [0.25, 0.3) is 0 Å². The van der Waals surface area contributed by atoms with E-state index in [4.69, 9.17) is 6.85 Å². The molecule has 2 aliphatic rings. The Balaban J connectivity index is 1.39. The highest BCUT2D eigenvalue weighted by atomic mass is 32.2. The summed E-state index contributed by atoms with van der Waals surface area (Å²) in [4.78, 5) is 16.3. The highest BCUT2D eigenvalue weighted by Gasteiger charge is 2.37. The zero-order valence-electron chi connectivity index (χ0n) is 22.8. The van der Waals surface area contributed by atoms with Crippen LogP contribution >= 0.6 is 0 Å². The summed E-state index contributed by atoms with van der Waals surface area (Å²) in [5.74, 6) is -1.14. The van der Waals surface area contributed by atoms with Gasteiger partial charge in [0.15, 0.2) is 0 Å². The number of anilines is 1. The summed E-state index contributed by atoms with van der Waals surface area (Å²) in [6, 6.07) is 9.86. The molecule has 1 N–H and O–H groups in total. The lowest BCUT2D eigenvalue weighted by molar-refractivity contribution is -0.133. The molecule has 1 amide bonds. The van der Waals surface area contributed by atoms with E-state index in [-0.39, 0.29) is 23.6 Å². The van der Waals surface area contributed by atoms with E-state index in [1.165, 1.54) is 6.07 Å². The number of hydrogen-bond acceptors (Lipinski definition) is 4. The van der Waals surface area contributed by atoms with Crippen molar-refractivity contribution in [3.8, 4) is 0 Å². The molecule has 0 bridgehead atoms. The van der Waals surface area contributed by atoms with Crippen LogP contribution in [0.4, 0.5) is 10.1 Å². The van der Waals surface area contributed by atoms with Crippen molar-refractivity contribution >= 4 is 21.6 Å². The number of aryl methyl sites for hydroxylation is 1. The summed E-state index contributed by atoms with van der Waals surface area (Å²) in [6.45, 7) is -3.51. The van der Waals surface area contributed by atoms with Crippen LogP contribution in [0.5, 0.6) is 0 Å². The molecule has 4 rings (SSSR count). The Kier molecular flexibility index (Phi) is 4.91. The molecular weight excluding hydrogens is 429 g/mol. The van der Waals surface area contributed by atoms with Crippen LogP contribution in [-0.2, 0) is 21.3 Å². The first-order valence-electron chi connectivity index (χ1n) is 13.1. The summed E-state index contributed by atoms with van der Waals surface area (Å²) < 4.78 is 79.3. The molecule has 2 aliphatic heterocycles. The molecule has 2 saturated heterocycles. The Morgan fingerprint density at radius 1 is 1.12 bits per heavy atom. The van der Waals surface area contributed by atoms with Crippen molar-refractivity contribution in [2.45, 2.75) is 44.6 Å². The third-order valence-corrected chi connectivity index (χ3v) is 6.66. The second-order valence-electron chi connectivity index (χ2n) is 8.41. The zero-order valence-corrected chi connectivity index (χ0v) is 18.7. The SMILES string of the molecule is [2H]C([2H])([2H])c1ccc(C([2H])([2H])N2CC[C@@H](N3CCC(c4ccc(NS(C)(=O)=O)cc4)CC3)C2=O)c(F)c1. The minimum Gasteiger partial charge on any atom is -0.337 e. The Labute approximate surface area is 196 Å². The van der Waals surface area contributed by atoms with Gasteiger partial charge in [-0.15, -0.1) is 0 Å². The summed E-state index contributed by atoms with van der Waals surface area (Å²) in [7, 11) is -3.34. The van der Waals surface area contributed by atoms with E-state index in [0.29, 0.717) is 25.2 Å². The molecule has 2 heterocycles. The maximum absolute atomic E-state index is 14.7. The maximum Gasteiger partial charge on any atom is 0.240 e. The summed E-state index contributed by atoms with van der Waals surface area (Å²) in [5, 5.41) is 0. The van der Waals surface area contributed by atoms with Gasteiger partial charge in [0.05, 0.1) is 15.0 Å². The average Bonchev–Trinajstić information content (AvgIpc) is 3.20. The highest BCUT2D eigenvalue weighted by molar-refractivity contribution is 7.92. The zero-order chi connectivity index (χ0) is 27.2. The lowest BCUT2D eigenvalue weighted by Gasteiger charge is -2.35. The quantitative estimate of drug-likeness (QED) is 0.711. The van der Waals surface area contributed by atoms with Crippen LogP contribution in [0.15, 0.2) is 42.5 Å².